The van der Waals surface area contributed by atoms with Gasteiger partial charge in [-0.05, 0) is 30.2 Å². The molecule has 2 aromatic heterocycles. The Morgan fingerprint density at radius 3 is 2.77 bits per heavy atom. The van der Waals surface area contributed by atoms with Crippen LogP contribution in [0.15, 0.2) is 60.2 Å². The summed E-state index contributed by atoms with van der Waals surface area (Å²) in [6.45, 7) is 2.28. The molecule has 0 unspecified atom stereocenters. The van der Waals surface area contributed by atoms with Crippen LogP contribution in [0.5, 0.6) is 0 Å². The monoisotopic (exact) mass is 362 g/mol. The van der Waals surface area contributed by atoms with Crippen molar-refractivity contribution in [2.75, 3.05) is 5.32 Å². The molecule has 0 aliphatic rings. The summed E-state index contributed by atoms with van der Waals surface area (Å²) in [4.78, 5) is 22.5. The van der Waals surface area contributed by atoms with Gasteiger partial charge < -0.3 is 9.88 Å². The number of fused-ring (bicyclic) bond motifs is 1. The number of thiazole rings is 1. The van der Waals surface area contributed by atoms with E-state index in [1.165, 1.54) is 11.3 Å². The number of benzene rings is 2. The van der Waals surface area contributed by atoms with Crippen molar-refractivity contribution in [2.24, 2.45) is 0 Å². The highest BCUT2D eigenvalue weighted by Gasteiger charge is 2.16. The first-order valence-electron chi connectivity index (χ1n) is 8.48. The van der Waals surface area contributed by atoms with Crippen molar-refractivity contribution >= 4 is 34.0 Å². The van der Waals surface area contributed by atoms with Gasteiger partial charge in [0, 0.05) is 11.9 Å². The van der Waals surface area contributed by atoms with Crippen LogP contribution in [0.2, 0.25) is 0 Å². The Morgan fingerprint density at radius 2 is 1.96 bits per heavy atom. The number of nitrogens with one attached hydrogen (secondary N) is 1. The molecule has 1 amide bonds. The number of hydrogen-bond acceptors (Lipinski definition) is 4. The molecule has 6 heteroatoms. The molecule has 0 aliphatic heterocycles. The molecule has 0 aliphatic carbocycles. The molecule has 0 radical (unpaired) electrons. The Bertz CT molecular complexity index is 1050. The van der Waals surface area contributed by atoms with Crippen molar-refractivity contribution in [3.05, 3.63) is 65.8 Å². The maximum atomic E-state index is 12.7. The maximum Gasteiger partial charge on any atom is 0.244 e. The zero-order valence-electron chi connectivity index (χ0n) is 14.3. The average molecular weight is 362 g/mol. The van der Waals surface area contributed by atoms with Gasteiger partial charge >= 0.3 is 0 Å². The summed E-state index contributed by atoms with van der Waals surface area (Å²) in [5, 5.41) is 3.04. The molecule has 2 heterocycles. The van der Waals surface area contributed by atoms with Gasteiger partial charge in [-0.15, -0.1) is 11.3 Å². The SMILES string of the molecule is CCc1ccccc1NC(=O)Cn1c(-c2cncs2)nc2ccccc21. The Labute approximate surface area is 155 Å². The van der Waals surface area contributed by atoms with E-state index >= 15 is 0 Å². The molecule has 4 aromatic rings. The molecule has 1 N–H and O–H groups in total. The molecule has 0 bridgehead atoms. The lowest BCUT2D eigenvalue weighted by atomic mass is 10.1. The fraction of sp³-hybridized carbons (Fsp3) is 0.150. The van der Waals surface area contributed by atoms with Gasteiger partial charge in [0.25, 0.3) is 0 Å². The van der Waals surface area contributed by atoms with E-state index in [1.807, 2.05) is 53.1 Å². The number of nitrogens with zero attached hydrogens (tertiary/aromatic N) is 3. The van der Waals surface area contributed by atoms with Crippen LogP contribution >= 0.6 is 11.3 Å². The van der Waals surface area contributed by atoms with Crippen molar-refractivity contribution in [1.82, 2.24) is 14.5 Å². The summed E-state index contributed by atoms with van der Waals surface area (Å²) in [6, 6.07) is 15.7. The number of carbonyl (C=O) groups excluding carboxylic acids is 1. The van der Waals surface area contributed by atoms with E-state index in [2.05, 4.69) is 17.2 Å². The second kappa shape index (κ2) is 7.09. The van der Waals surface area contributed by atoms with Crippen LogP contribution in [0, 0.1) is 0 Å². The second-order valence-electron chi connectivity index (χ2n) is 5.93. The molecule has 0 saturated heterocycles. The number of para-hydroxylation sites is 3. The minimum absolute atomic E-state index is 0.0696. The van der Waals surface area contributed by atoms with E-state index in [-0.39, 0.29) is 12.5 Å². The Kier molecular flexibility index (Phi) is 4.50. The number of carbonyl (C=O) groups is 1. The number of aryl methyl sites for hydroxylation is 1. The number of rotatable bonds is 5. The van der Waals surface area contributed by atoms with E-state index in [9.17, 15) is 4.79 Å². The first kappa shape index (κ1) is 16.5. The molecular formula is C20H18N4OS. The molecule has 0 saturated carbocycles. The number of hydrogen-bond donors (Lipinski definition) is 1. The lowest BCUT2D eigenvalue weighted by Crippen LogP contribution is -2.20. The highest BCUT2D eigenvalue weighted by atomic mass is 32.1. The van der Waals surface area contributed by atoms with E-state index in [4.69, 9.17) is 4.98 Å². The minimum atomic E-state index is -0.0696. The third kappa shape index (κ3) is 3.11. The van der Waals surface area contributed by atoms with Crippen molar-refractivity contribution in [2.45, 2.75) is 19.9 Å². The van der Waals surface area contributed by atoms with E-state index < -0.39 is 0 Å². The minimum Gasteiger partial charge on any atom is -0.324 e. The molecule has 4 rings (SSSR count). The predicted molar refractivity (Wildman–Crippen MR) is 105 cm³/mol. The third-order valence-corrected chi connectivity index (χ3v) is 5.05. The first-order valence-corrected chi connectivity index (χ1v) is 9.36. The lowest BCUT2D eigenvalue weighted by Gasteiger charge is -2.12. The Morgan fingerprint density at radius 1 is 1.15 bits per heavy atom. The van der Waals surface area contributed by atoms with Crippen LogP contribution in [0.1, 0.15) is 12.5 Å². The summed E-state index contributed by atoms with van der Waals surface area (Å²) < 4.78 is 1.95. The highest BCUT2D eigenvalue weighted by Crippen LogP contribution is 2.27. The fourth-order valence-electron chi connectivity index (χ4n) is 3.03. The molecule has 26 heavy (non-hydrogen) atoms. The van der Waals surface area contributed by atoms with E-state index in [1.54, 1.807) is 11.7 Å². The highest BCUT2D eigenvalue weighted by molar-refractivity contribution is 7.13. The summed E-state index contributed by atoms with van der Waals surface area (Å²) in [5.41, 5.74) is 5.58. The largest absolute Gasteiger partial charge is 0.324 e. The van der Waals surface area contributed by atoms with Crippen molar-refractivity contribution in [3.63, 3.8) is 0 Å². The van der Waals surface area contributed by atoms with Gasteiger partial charge in [-0.1, -0.05) is 37.3 Å². The first-order chi connectivity index (χ1) is 12.8. The number of imidazole rings is 1. The predicted octanol–water partition coefficient (Wildman–Crippen LogP) is 4.36. The Hall–Kier alpha value is -2.99. The van der Waals surface area contributed by atoms with E-state index in [0.29, 0.717) is 0 Å². The third-order valence-electron chi connectivity index (χ3n) is 4.28. The normalized spacial score (nSPS) is 11.0. The van der Waals surface area contributed by atoms with Gasteiger partial charge in [0.15, 0.2) is 5.82 Å². The average Bonchev–Trinajstić information content (AvgIpc) is 3.30. The molecular weight excluding hydrogens is 344 g/mol. The number of aromatic nitrogens is 3. The van der Waals surface area contributed by atoms with Crippen molar-refractivity contribution < 1.29 is 4.79 Å². The Balaban J connectivity index is 1.68. The topological polar surface area (TPSA) is 59.8 Å². The van der Waals surface area contributed by atoms with Crippen LogP contribution < -0.4 is 5.32 Å². The molecule has 5 nitrogen and oxygen atoms in total. The fourth-order valence-corrected chi connectivity index (χ4v) is 3.65. The van der Waals surface area contributed by atoms with Gasteiger partial charge in [0.2, 0.25) is 5.91 Å². The molecule has 2 aromatic carbocycles. The van der Waals surface area contributed by atoms with Gasteiger partial charge in [-0.2, -0.15) is 0 Å². The summed E-state index contributed by atoms with van der Waals surface area (Å²) in [5.74, 6) is 0.701. The zero-order valence-corrected chi connectivity index (χ0v) is 15.2. The molecule has 0 atom stereocenters. The lowest BCUT2D eigenvalue weighted by molar-refractivity contribution is -0.116. The molecule has 130 valence electrons. The summed E-state index contributed by atoms with van der Waals surface area (Å²) >= 11 is 1.52. The van der Waals surface area contributed by atoms with Crippen LogP contribution in [0.25, 0.3) is 21.7 Å². The number of amides is 1. The molecule has 0 spiro atoms. The van der Waals surface area contributed by atoms with Gasteiger partial charge in [0.05, 0.1) is 21.4 Å². The van der Waals surface area contributed by atoms with Crippen LogP contribution in [-0.2, 0) is 17.8 Å². The van der Waals surface area contributed by atoms with Crippen LogP contribution in [0.4, 0.5) is 5.69 Å². The number of anilines is 1. The second-order valence-corrected chi connectivity index (χ2v) is 6.82. The maximum absolute atomic E-state index is 12.7. The van der Waals surface area contributed by atoms with Gasteiger partial charge in [-0.3, -0.25) is 9.78 Å². The molecule has 0 fully saturated rings. The van der Waals surface area contributed by atoms with Crippen LogP contribution in [0.3, 0.4) is 0 Å². The quantitative estimate of drug-likeness (QED) is 0.574. The van der Waals surface area contributed by atoms with Gasteiger partial charge in [0.1, 0.15) is 6.54 Å². The standard InChI is InChI=1S/C20H18N4OS/c1-2-14-7-3-4-8-15(14)22-19(25)12-24-17-10-6-5-9-16(17)23-20(24)18-11-21-13-26-18/h3-11,13H,2,12H2,1H3,(H,22,25). The van der Waals surface area contributed by atoms with Crippen molar-refractivity contribution in [3.8, 4) is 10.7 Å². The van der Waals surface area contributed by atoms with Gasteiger partial charge in [-0.25, -0.2) is 4.98 Å². The van der Waals surface area contributed by atoms with E-state index in [0.717, 1.165) is 39.4 Å². The summed E-state index contributed by atoms with van der Waals surface area (Å²) in [6.07, 6.45) is 2.66. The smallest absolute Gasteiger partial charge is 0.244 e. The summed E-state index contributed by atoms with van der Waals surface area (Å²) in [7, 11) is 0. The van der Waals surface area contributed by atoms with Crippen LogP contribution in [-0.4, -0.2) is 20.4 Å². The zero-order chi connectivity index (χ0) is 17.9. The van der Waals surface area contributed by atoms with Crippen molar-refractivity contribution in [1.29, 1.82) is 0 Å².